The molecule has 4 aliphatic carbocycles. The smallest absolute Gasteiger partial charge is 0.226 e. The largest absolute Gasteiger partial charge is 0.355 e. The molecule has 2 amide bonds. The summed E-state index contributed by atoms with van der Waals surface area (Å²) in [5.41, 5.74) is 1.10. The Kier molecular flexibility index (Phi) is 5.80. The maximum Gasteiger partial charge on any atom is 0.226 e. The van der Waals surface area contributed by atoms with E-state index in [1.807, 2.05) is 22.8 Å². The highest BCUT2D eigenvalue weighted by Crippen LogP contribution is 2.60. The van der Waals surface area contributed by atoms with Gasteiger partial charge in [0.05, 0.1) is 6.20 Å². The summed E-state index contributed by atoms with van der Waals surface area (Å²) in [5, 5.41) is 7.41. The molecule has 0 unspecified atom stereocenters. The van der Waals surface area contributed by atoms with E-state index in [0.717, 1.165) is 76.2 Å². The molecule has 1 aliphatic heterocycles. The maximum atomic E-state index is 13.1. The lowest BCUT2D eigenvalue weighted by Gasteiger charge is -2.55. The van der Waals surface area contributed by atoms with E-state index in [2.05, 4.69) is 21.5 Å². The van der Waals surface area contributed by atoms with Crippen LogP contribution in [0.25, 0.3) is 0 Å². The first-order valence-corrected chi connectivity index (χ1v) is 12.2. The van der Waals surface area contributed by atoms with Crippen molar-refractivity contribution in [2.45, 2.75) is 57.9 Å². The molecule has 1 aromatic heterocycles. The highest BCUT2D eigenvalue weighted by atomic mass is 16.2. The fourth-order valence-electron chi connectivity index (χ4n) is 7.21. The van der Waals surface area contributed by atoms with Gasteiger partial charge in [-0.15, -0.1) is 0 Å². The number of nitrogens with zero attached hydrogens (tertiary/aromatic N) is 4. The van der Waals surface area contributed by atoms with Gasteiger partial charge in [-0.2, -0.15) is 5.10 Å². The van der Waals surface area contributed by atoms with Crippen molar-refractivity contribution in [2.75, 3.05) is 32.7 Å². The molecule has 170 valence electrons. The van der Waals surface area contributed by atoms with Gasteiger partial charge in [0.15, 0.2) is 0 Å². The number of aromatic nitrogens is 2. The second kappa shape index (κ2) is 8.57. The van der Waals surface area contributed by atoms with E-state index < -0.39 is 0 Å². The zero-order valence-corrected chi connectivity index (χ0v) is 18.9. The summed E-state index contributed by atoms with van der Waals surface area (Å²) in [6, 6.07) is 0. The molecular formula is C24H37N5O2. The highest BCUT2D eigenvalue weighted by Gasteiger charge is 2.54. The van der Waals surface area contributed by atoms with Crippen molar-refractivity contribution in [3.05, 3.63) is 18.0 Å². The molecule has 7 heteroatoms. The summed E-state index contributed by atoms with van der Waals surface area (Å²) in [7, 11) is 1.94. The Morgan fingerprint density at radius 1 is 1.06 bits per heavy atom. The van der Waals surface area contributed by atoms with E-state index in [1.54, 1.807) is 0 Å². The zero-order valence-electron chi connectivity index (χ0n) is 18.9. The molecule has 4 saturated carbocycles. The van der Waals surface area contributed by atoms with Gasteiger partial charge in [0.25, 0.3) is 0 Å². The number of hydrogen-bond acceptors (Lipinski definition) is 4. The van der Waals surface area contributed by atoms with E-state index >= 15 is 0 Å². The fourth-order valence-corrected chi connectivity index (χ4v) is 7.21. The number of hydrogen-bond donors (Lipinski definition) is 1. The number of nitrogens with one attached hydrogen (secondary N) is 1. The monoisotopic (exact) mass is 427 g/mol. The van der Waals surface area contributed by atoms with Crippen molar-refractivity contribution < 1.29 is 9.59 Å². The van der Waals surface area contributed by atoms with E-state index in [0.29, 0.717) is 13.0 Å². The Hall–Kier alpha value is -1.89. The van der Waals surface area contributed by atoms with Gasteiger partial charge < -0.3 is 10.2 Å². The van der Waals surface area contributed by atoms with Crippen molar-refractivity contribution in [1.29, 1.82) is 0 Å². The molecule has 1 aromatic rings. The number of aryl methyl sites for hydroxylation is 1. The van der Waals surface area contributed by atoms with Gasteiger partial charge in [0.2, 0.25) is 11.8 Å². The Morgan fingerprint density at radius 3 is 2.42 bits per heavy atom. The third-order valence-corrected chi connectivity index (χ3v) is 8.25. The van der Waals surface area contributed by atoms with Gasteiger partial charge in [-0.3, -0.25) is 19.2 Å². The van der Waals surface area contributed by atoms with Gasteiger partial charge in [0, 0.05) is 69.9 Å². The first-order valence-electron chi connectivity index (χ1n) is 12.2. The standard InChI is InChI=1S/C24H37N5O2/c1-27-16-21(15-26-27)17-28-5-2-6-29(8-7-28)22(30)3-4-25-23(31)24-12-18-9-19(13-24)11-20(10-18)14-24/h15-16,18-20H,2-14,17H2,1H3,(H,25,31). The van der Waals surface area contributed by atoms with Gasteiger partial charge in [-0.05, 0) is 62.7 Å². The Bertz CT molecular complexity index is 783. The minimum absolute atomic E-state index is 0.118. The Labute approximate surface area is 185 Å². The quantitative estimate of drug-likeness (QED) is 0.755. The van der Waals surface area contributed by atoms with E-state index in [4.69, 9.17) is 0 Å². The normalized spacial score (nSPS) is 32.8. The van der Waals surface area contributed by atoms with Crippen molar-refractivity contribution >= 4 is 11.8 Å². The minimum Gasteiger partial charge on any atom is -0.355 e. The van der Waals surface area contributed by atoms with Crippen LogP contribution in [0.2, 0.25) is 0 Å². The van der Waals surface area contributed by atoms with Gasteiger partial charge >= 0.3 is 0 Å². The first-order chi connectivity index (χ1) is 15.0. The third-order valence-electron chi connectivity index (χ3n) is 8.25. The molecule has 5 aliphatic rings. The average molecular weight is 428 g/mol. The van der Waals surface area contributed by atoms with E-state index in [-0.39, 0.29) is 17.2 Å². The van der Waals surface area contributed by atoms with Crippen LogP contribution in [0.3, 0.4) is 0 Å². The van der Waals surface area contributed by atoms with Gasteiger partial charge in [-0.25, -0.2) is 0 Å². The van der Waals surface area contributed by atoms with Crippen LogP contribution in [-0.4, -0.2) is 64.1 Å². The van der Waals surface area contributed by atoms with Crippen molar-refractivity contribution in [3.8, 4) is 0 Å². The van der Waals surface area contributed by atoms with Crippen LogP contribution >= 0.6 is 0 Å². The highest BCUT2D eigenvalue weighted by molar-refractivity contribution is 5.84. The molecule has 0 aromatic carbocycles. The summed E-state index contributed by atoms with van der Waals surface area (Å²) >= 11 is 0. The fraction of sp³-hybridized carbons (Fsp3) is 0.792. The number of carbonyl (C=O) groups is 2. The van der Waals surface area contributed by atoms with Crippen LogP contribution in [-0.2, 0) is 23.2 Å². The van der Waals surface area contributed by atoms with Crippen LogP contribution in [0.15, 0.2) is 12.4 Å². The molecule has 4 bridgehead atoms. The molecule has 5 fully saturated rings. The predicted octanol–water partition coefficient (Wildman–Crippen LogP) is 2.18. The molecular weight excluding hydrogens is 390 g/mol. The Balaban J connectivity index is 1.07. The SMILES string of the molecule is Cn1cc(CN2CCCN(C(=O)CCNC(=O)C34CC5CC(CC(C5)C3)C4)CC2)cn1. The molecule has 2 heterocycles. The van der Waals surface area contributed by atoms with Crippen molar-refractivity contribution in [1.82, 2.24) is 24.9 Å². The van der Waals surface area contributed by atoms with Crippen LogP contribution in [0.1, 0.15) is 56.9 Å². The van der Waals surface area contributed by atoms with Crippen LogP contribution in [0.5, 0.6) is 0 Å². The van der Waals surface area contributed by atoms with E-state index in [9.17, 15) is 9.59 Å². The van der Waals surface area contributed by atoms with Crippen LogP contribution in [0.4, 0.5) is 0 Å². The molecule has 0 radical (unpaired) electrons. The van der Waals surface area contributed by atoms with Crippen LogP contribution < -0.4 is 5.32 Å². The maximum absolute atomic E-state index is 13.1. The second-order valence-electron chi connectivity index (χ2n) is 10.7. The summed E-state index contributed by atoms with van der Waals surface area (Å²) in [5.74, 6) is 2.72. The second-order valence-corrected chi connectivity index (χ2v) is 10.7. The van der Waals surface area contributed by atoms with Crippen LogP contribution in [0, 0.1) is 23.2 Å². The lowest BCUT2D eigenvalue weighted by atomic mass is 9.49. The zero-order chi connectivity index (χ0) is 21.4. The topological polar surface area (TPSA) is 70.5 Å². The predicted molar refractivity (Wildman–Crippen MR) is 118 cm³/mol. The number of carbonyl (C=O) groups excluding carboxylic acids is 2. The van der Waals surface area contributed by atoms with Crippen molar-refractivity contribution in [2.24, 2.45) is 30.2 Å². The summed E-state index contributed by atoms with van der Waals surface area (Å²) in [6.45, 7) is 4.83. The molecule has 0 atom stereocenters. The molecule has 6 rings (SSSR count). The lowest BCUT2D eigenvalue weighted by molar-refractivity contribution is -0.146. The molecule has 1 saturated heterocycles. The van der Waals surface area contributed by atoms with Gasteiger partial charge in [-0.1, -0.05) is 0 Å². The number of rotatable bonds is 6. The average Bonchev–Trinajstić information content (AvgIpc) is 2.99. The van der Waals surface area contributed by atoms with Gasteiger partial charge in [0.1, 0.15) is 0 Å². The summed E-state index contributed by atoms with van der Waals surface area (Å²) in [4.78, 5) is 30.3. The lowest BCUT2D eigenvalue weighted by Crippen LogP contribution is -2.53. The van der Waals surface area contributed by atoms with E-state index in [1.165, 1.54) is 24.8 Å². The summed E-state index contributed by atoms with van der Waals surface area (Å²) < 4.78 is 1.83. The Morgan fingerprint density at radius 2 is 1.77 bits per heavy atom. The molecule has 0 spiro atoms. The number of amides is 2. The molecule has 31 heavy (non-hydrogen) atoms. The first kappa shape index (κ1) is 21.0. The molecule has 1 N–H and O–H groups in total. The third kappa shape index (κ3) is 4.52. The molecule has 7 nitrogen and oxygen atoms in total. The van der Waals surface area contributed by atoms with Crippen molar-refractivity contribution in [3.63, 3.8) is 0 Å². The minimum atomic E-state index is -0.118. The summed E-state index contributed by atoms with van der Waals surface area (Å²) in [6.07, 6.45) is 12.7.